The van der Waals surface area contributed by atoms with Gasteiger partial charge in [0, 0.05) is 25.6 Å². The standard InChI is InChI=1S/C30H28N4O/c1-21(24-15-13-23(19-31)14-16-24)33-18-17-28-27(20-33)30(35)34(22(2)32-28)29(25-9-5-3-6-10-25)26-11-7-4-8-12-26/h3-16,21,29H,17-18,20H2,1-2H3. The maximum Gasteiger partial charge on any atom is 0.259 e. The lowest BCUT2D eigenvalue weighted by atomic mass is 9.97. The number of aryl methyl sites for hydroxylation is 1. The van der Waals surface area contributed by atoms with Crippen molar-refractivity contribution >= 4 is 0 Å². The van der Waals surface area contributed by atoms with E-state index in [2.05, 4.69) is 42.2 Å². The van der Waals surface area contributed by atoms with E-state index in [1.807, 2.05) is 72.2 Å². The van der Waals surface area contributed by atoms with Gasteiger partial charge in [0.05, 0.1) is 28.9 Å². The molecule has 1 atom stereocenters. The molecule has 0 aliphatic carbocycles. The van der Waals surface area contributed by atoms with Gasteiger partial charge in [-0.1, -0.05) is 72.8 Å². The molecule has 0 amide bonds. The SMILES string of the molecule is Cc1nc2c(c(=O)n1C(c1ccccc1)c1ccccc1)CN(C(C)c1ccc(C#N)cc1)CC2. The van der Waals surface area contributed by atoms with Gasteiger partial charge in [-0.05, 0) is 42.7 Å². The summed E-state index contributed by atoms with van der Waals surface area (Å²) < 4.78 is 1.86. The molecule has 1 unspecified atom stereocenters. The maximum absolute atomic E-state index is 14.1. The molecule has 3 aromatic carbocycles. The number of hydrogen-bond donors (Lipinski definition) is 0. The Morgan fingerprint density at radius 3 is 2.06 bits per heavy atom. The second-order valence-electron chi connectivity index (χ2n) is 9.11. The van der Waals surface area contributed by atoms with Crippen molar-refractivity contribution < 1.29 is 0 Å². The van der Waals surface area contributed by atoms with Gasteiger partial charge in [0.1, 0.15) is 5.82 Å². The van der Waals surface area contributed by atoms with Gasteiger partial charge in [0.2, 0.25) is 0 Å². The first kappa shape index (κ1) is 22.8. The molecule has 2 heterocycles. The van der Waals surface area contributed by atoms with Crippen molar-refractivity contribution in [1.82, 2.24) is 14.5 Å². The van der Waals surface area contributed by atoms with Crippen molar-refractivity contribution in [3.63, 3.8) is 0 Å². The lowest BCUT2D eigenvalue weighted by molar-refractivity contribution is 0.188. The number of aromatic nitrogens is 2. The van der Waals surface area contributed by atoms with E-state index >= 15 is 0 Å². The molecule has 0 bridgehead atoms. The summed E-state index contributed by atoms with van der Waals surface area (Å²) in [5.74, 6) is 0.736. The second kappa shape index (κ2) is 9.69. The van der Waals surface area contributed by atoms with Gasteiger partial charge in [-0.15, -0.1) is 0 Å². The van der Waals surface area contributed by atoms with Gasteiger partial charge >= 0.3 is 0 Å². The smallest absolute Gasteiger partial charge is 0.259 e. The highest BCUT2D eigenvalue weighted by atomic mass is 16.1. The fourth-order valence-electron chi connectivity index (χ4n) is 5.07. The van der Waals surface area contributed by atoms with Crippen LogP contribution in [0.3, 0.4) is 0 Å². The lowest BCUT2D eigenvalue weighted by Crippen LogP contribution is -2.41. The Morgan fingerprint density at radius 2 is 1.49 bits per heavy atom. The minimum absolute atomic E-state index is 0.0296. The fourth-order valence-corrected chi connectivity index (χ4v) is 5.07. The Hall–Kier alpha value is -4.01. The molecule has 1 aliphatic heterocycles. The minimum Gasteiger partial charge on any atom is -0.292 e. The first-order valence-electron chi connectivity index (χ1n) is 12.0. The van der Waals surface area contributed by atoms with Gasteiger partial charge < -0.3 is 0 Å². The number of benzene rings is 3. The number of nitriles is 1. The highest BCUT2D eigenvalue weighted by molar-refractivity contribution is 5.36. The molecule has 0 saturated carbocycles. The summed E-state index contributed by atoms with van der Waals surface area (Å²) in [6.07, 6.45) is 0.744. The molecule has 0 radical (unpaired) electrons. The van der Waals surface area contributed by atoms with E-state index in [0.717, 1.165) is 46.7 Å². The van der Waals surface area contributed by atoms with Gasteiger partial charge in [0.25, 0.3) is 5.56 Å². The van der Waals surface area contributed by atoms with Crippen molar-refractivity contribution in [2.45, 2.75) is 38.9 Å². The van der Waals surface area contributed by atoms with Crippen molar-refractivity contribution in [3.8, 4) is 6.07 Å². The highest BCUT2D eigenvalue weighted by Crippen LogP contribution is 2.29. The van der Waals surface area contributed by atoms with Crippen LogP contribution in [0.5, 0.6) is 0 Å². The molecule has 0 saturated heterocycles. The van der Waals surface area contributed by atoms with Crippen molar-refractivity contribution in [2.24, 2.45) is 0 Å². The normalized spacial score (nSPS) is 14.3. The van der Waals surface area contributed by atoms with Crippen LogP contribution in [-0.2, 0) is 13.0 Å². The van der Waals surface area contributed by atoms with Gasteiger partial charge in [-0.3, -0.25) is 14.3 Å². The Balaban J connectivity index is 1.56. The first-order valence-corrected chi connectivity index (χ1v) is 12.0. The third-order valence-electron chi connectivity index (χ3n) is 7.03. The van der Waals surface area contributed by atoms with E-state index in [9.17, 15) is 4.79 Å². The maximum atomic E-state index is 14.1. The quantitative estimate of drug-likeness (QED) is 0.412. The van der Waals surface area contributed by atoms with E-state index in [-0.39, 0.29) is 17.6 Å². The van der Waals surface area contributed by atoms with E-state index in [4.69, 9.17) is 10.2 Å². The Kier molecular flexibility index (Phi) is 6.31. The summed E-state index contributed by atoms with van der Waals surface area (Å²) in [4.78, 5) is 21.3. The lowest BCUT2D eigenvalue weighted by Gasteiger charge is -2.34. The van der Waals surface area contributed by atoms with Crippen LogP contribution in [0, 0.1) is 18.3 Å². The monoisotopic (exact) mass is 460 g/mol. The number of hydrogen-bond acceptors (Lipinski definition) is 4. The van der Waals surface area contributed by atoms with Crippen LogP contribution in [0.1, 0.15) is 58.3 Å². The van der Waals surface area contributed by atoms with Gasteiger partial charge in [-0.2, -0.15) is 5.26 Å². The van der Waals surface area contributed by atoms with Crippen LogP contribution in [0.25, 0.3) is 0 Å². The molecule has 5 heteroatoms. The van der Waals surface area contributed by atoms with Crippen LogP contribution >= 0.6 is 0 Å². The third kappa shape index (κ3) is 4.41. The molecule has 0 spiro atoms. The molecular formula is C30H28N4O. The molecular weight excluding hydrogens is 432 g/mol. The Bertz CT molecular complexity index is 1380. The van der Waals surface area contributed by atoms with Crippen LogP contribution in [0.2, 0.25) is 0 Å². The number of fused-ring (bicyclic) bond motifs is 1. The summed E-state index contributed by atoms with van der Waals surface area (Å²) in [7, 11) is 0. The molecule has 1 aromatic heterocycles. The van der Waals surface area contributed by atoms with Gasteiger partial charge in [-0.25, -0.2) is 4.98 Å². The van der Waals surface area contributed by atoms with Crippen LogP contribution < -0.4 is 5.56 Å². The van der Waals surface area contributed by atoms with E-state index in [0.29, 0.717) is 12.1 Å². The molecule has 1 aliphatic rings. The zero-order valence-electron chi connectivity index (χ0n) is 20.1. The van der Waals surface area contributed by atoms with E-state index in [1.54, 1.807) is 0 Å². The highest BCUT2D eigenvalue weighted by Gasteiger charge is 2.29. The van der Waals surface area contributed by atoms with Crippen molar-refractivity contribution in [1.29, 1.82) is 5.26 Å². The average molecular weight is 461 g/mol. The summed E-state index contributed by atoms with van der Waals surface area (Å²) >= 11 is 0. The predicted octanol–water partition coefficient (Wildman–Crippen LogP) is 5.18. The van der Waals surface area contributed by atoms with Crippen LogP contribution in [-0.4, -0.2) is 21.0 Å². The second-order valence-corrected chi connectivity index (χ2v) is 9.11. The minimum atomic E-state index is -0.242. The number of rotatable bonds is 5. The summed E-state index contributed by atoms with van der Waals surface area (Å²) in [5.41, 5.74) is 5.63. The van der Waals surface area contributed by atoms with Crippen molar-refractivity contribution in [3.05, 3.63) is 135 Å². The molecule has 35 heavy (non-hydrogen) atoms. The van der Waals surface area contributed by atoms with E-state index < -0.39 is 0 Å². The summed E-state index contributed by atoms with van der Waals surface area (Å²) in [5, 5.41) is 9.11. The topological polar surface area (TPSA) is 61.9 Å². The Labute approximate surface area is 205 Å². The van der Waals surface area contributed by atoms with E-state index in [1.165, 1.54) is 0 Å². The van der Waals surface area contributed by atoms with Crippen LogP contribution in [0.4, 0.5) is 0 Å². The summed E-state index contributed by atoms with van der Waals surface area (Å²) in [6.45, 7) is 5.49. The third-order valence-corrected chi connectivity index (χ3v) is 7.03. The predicted molar refractivity (Wildman–Crippen MR) is 137 cm³/mol. The van der Waals surface area contributed by atoms with Crippen LogP contribution in [0.15, 0.2) is 89.7 Å². The molecule has 0 fully saturated rings. The Morgan fingerprint density at radius 1 is 0.886 bits per heavy atom. The molecule has 174 valence electrons. The first-order chi connectivity index (χ1) is 17.1. The molecule has 0 N–H and O–H groups in total. The van der Waals surface area contributed by atoms with Gasteiger partial charge in [0.15, 0.2) is 0 Å². The molecule has 4 aromatic rings. The molecule has 5 rings (SSSR count). The van der Waals surface area contributed by atoms with Crippen molar-refractivity contribution in [2.75, 3.05) is 6.54 Å². The number of nitrogens with zero attached hydrogens (tertiary/aromatic N) is 4. The average Bonchev–Trinajstić information content (AvgIpc) is 2.91. The summed E-state index contributed by atoms with van der Waals surface area (Å²) in [6, 6.07) is 30.1. The molecule has 5 nitrogen and oxygen atoms in total. The zero-order chi connectivity index (χ0) is 24.4. The largest absolute Gasteiger partial charge is 0.292 e. The fraction of sp³-hybridized carbons (Fsp3) is 0.233. The zero-order valence-corrected chi connectivity index (χ0v) is 20.1.